The van der Waals surface area contributed by atoms with Crippen LogP contribution in [-0.4, -0.2) is 80.6 Å². The second-order valence-electron chi connectivity index (χ2n) is 8.81. The Morgan fingerprint density at radius 3 is 2.19 bits per heavy atom. The van der Waals surface area contributed by atoms with Crippen molar-refractivity contribution in [2.45, 2.75) is 56.5 Å². The zero-order valence-electron chi connectivity index (χ0n) is 19.3. The molecule has 1 saturated heterocycles. The number of ether oxygens (including phenoxy) is 1. The fourth-order valence-electron chi connectivity index (χ4n) is 3.88. The van der Waals surface area contributed by atoms with Gasteiger partial charge in [0, 0.05) is 30.7 Å². The Bertz CT molecular complexity index is 1060. The van der Waals surface area contributed by atoms with Crippen LogP contribution in [0.5, 0.6) is 0 Å². The van der Waals surface area contributed by atoms with Crippen LogP contribution in [0.2, 0.25) is 0 Å². The number of nitrogens with one attached hydrogen (secondary N) is 1. The number of carbonyl (C=O) groups is 1. The lowest BCUT2D eigenvalue weighted by Crippen LogP contribution is -2.54. The van der Waals surface area contributed by atoms with Gasteiger partial charge < -0.3 is 9.64 Å². The molecule has 1 aromatic heterocycles. The molecule has 0 unspecified atom stereocenters. The quantitative estimate of drug-likeness (QED) is 0.541. The lowest BCUT2D eigenvalue weighted by molar-refractivity contribution is -0.308. The molecular formula is C20H21F9N6O2. The third-order valence-corrected chi connectivity index (χ3v) is 6.28. The van der Waals surface area contributed by atoms with Gasteiger partial charge in [-0.3, -0.25) is 4.90 Å². The highest BCUT2D eigenvalue weighted by atomic mass is 19.4. The van der Waals surface area contributed by atoms with Gasteiger partial charge in [0.1, 0.15) is 0 Å². The second-order valence-corrected chi connectivity index (χ2v) is 8.81. The maximum atomic E-state index is 13.2. The van der Waals surface area contributed by atoms with Crippen LogP contribution < -0.4 is 0 Å². The third-order valence-electron chi connectivity index (χ3n) is 6.28. The summed E-state index contributed by atoms with van der Waals surface area (Å²) in [5, 5.41) is 12.9. The number of hydrogen-bond acceptors (Lipinski definition) is 6. The molecule has 37 heavy (non-hydrogen) atoms. The third kappa shape index (κ3) is 6.61. The molecule has 1 aliphatic heterocycles. The summed E-state index contributed by atoms with van der Waals surface area (Å²) in [5.74, 6) is 0.00102. The topological polar surface area (TPSA) is 87.2 Å². The van der Waals surface area contributed by atoms with E-state index in [4.69, 9.17) is 0 Å². The molecule has 206 valence electrons. The largest absolute Gasteiger partial charge is 0.434 e. The predicted octanol–water partition coefficient (Wildman–Crippen LogP) is 4.80. The molecule has 0 bridgehead atoms. The number of carbonyl (C=O) groups excluding carboxylic acids is 1. The Hall–Kier alpha value is -3.11. The molecule has 0 radical (unpaired) electrons. The Labute approximate surface area is 203 Å². The molecule has 2 aromatic rings. The van der Waals surface area contributed by atoms with Gasteiger partial charge in [-0.05, 0) is 54.9 Å². The normalized spacial score (nSPS) is 16.9. The van der Waals surface area contributed by atoms with E-state index < -0.39 is 41.8 Å². The fraction of sp³-hybridized carbons (Fsp3) is 0.600. The van der Waals surface area contributed by atoms with Gasteiger partial charge in [-0.1, -0.05) is 6.07 Å². The van der Waals surface area contributed by atoms with Gasteiger partial charge in [0.05, 0.1) is 5.56 Å². The number of amides is 1. The maximum absolute atomic E-state index is 13.2. The van der Waals surface area contributed by atoms with E-state index in [-0.39, 0.29) is 43.9 Å². The summed E-state index contributed by atoms with van der Waals surface area (Å²) in [4.78, 5) is 14.6. The molecule has 3 rings (SSSR count). The van der Waals surface area contributed by atoms with Crippen molar-refractivity contribution in [3.63, 3.8) is 0 Å². The predicted molar refractivity (Wildman–Crippen MR) is 108 cm³/mol. The summed E-state index contributed by atoms with van der Waals surface area (Å²) in [7, 11) is 1.65. The van der Waals surface area contributed by atoms with E-state index in [9.17, 15) is 44.3 Å². The van der Waals surface area contributed by atoms with E-state index >= 15 is 0 Å². The molecule has 0 saturated carbocycles. The molecule has 8 nitrogen and oxygen atoms in total. The monoisotopic (exact) mass is 548 g/mol. The average Bonchev–Trinajstić information content (AvgIpc) is 3.30. The van der Waals surface area contributed by atoms with Crippen molar-refractivity contribution in [3.8, 4) is 11.4 Å². The standard InChI is InChI=1S/C20H21F9N6O2/c1-17(5-7-35(8-6-17)16(36)37-15(19(24,25)26)20(27,28)29)34(2)10-11-3-4-12(18(21,22)23)9-13(11)14-30-32-33-31-14/h3-4,9,15H,5-8,10H2,1-2H3,(H,30,31,32,33). The smallest absolute Gasteiger partial charge is 0.426 e. The molecule has 0 spiro atoms. The minimum atomic E-state index is -5.82. The highest BCUT2D eigenvalue weighted by Gasteiger charge is 2.60. The summed E-state index contributed by atoms with van der Waals surface area (Å²) in [5.41, 5.74) is -1.10. The molecule has 17 heteroatoms. The van der Waals surface area contributed by atoms with Crippen LogP contribution in [-0.2, 0) is 17.5 Å². The Morgan fingerprint density at radius 1 is 1.11 bits per heavy atom. The second kappa shape index (κ2) is 9.98. The number of nitrogens with zero attached hydrogens (tertiary/aromatic N) is 5. The number of H-pyrrole nitrogens is 1. The number of likely N-dealkylation sites (tertiary alicyclic amines) is 1. The van der Waals surface area contributed by atoms with Gasteiger partial charge in [-0.15, -0.1) is 5.10 Å². The van der Waals surface area contributed by atoms with Crippen molar-refractivity contribution >= 4 is 6.09 Å². The number of piperidine rings is 1. The highest BCUT2D eigenvalue weighted by Crippen LogP contribution is 2.38. The first kappa shape index (κ1) is 28.5. The first-order valence-corrected chi connectivity index (χ1v) is 10.7. The Kier molecular flexibility index (Phi) is 7.68. The van der Waals surface area contributed by atoms with E-state index in [0.717, 1.165) is 17.0 Å². The van der Waals surface area contributed by atoms with Crippen LogP contribution in [0.15, 0.2) is 18.2 Å². The lowest BCUT2D eigenvalue weighted by Gasteiger charge is -2.45. The van der Waals surface area contributed by atoms with Gasteiger partial charge in [-0.2, -0.15) is 39.5 Å². The first-order chi connectivity index (χ1) is 16.9. The highest BCUT2D eigenvalue weighted by molar-refractivity contribution is 5.68. The van der Waals surface area contributed by atoms with E-state index in [2.05, 4.69) is 25.4 Å². The lowest BCUT2D eigenvalue weighted by atomic mass is 9.87. The van der Waals surface area contributed by atoms with Gasteiger partial charge in [-0.25, -0.2) is 9.89 Å². The minimum Gasteiger partial charge on any atom is -0.426 e. The van der Waals surface area contributed by atoms with Crippen LogP contribution in [0.1, 0.15) is 30.9 Å². The van der Waals surface area contributed by atoms with E-state index in [0.29, 0.717) is 5.56 Å². The van der Waals surface area contributed by atoms with E-state index in [1.807, 2.05) is 0 Å². The first-order valence-electron chi connectivity index (χ1n) is 10.7. The molecule has 1 amide bonds. The summed E-state index contributed by atoms with van der Waals surface area (Å²) in [6.07, 6.45) is -22.0. The van der Waals surface area contributed by atoms with Crippen molar-refractivity contribution in [2.24, 2.45) is 0 Å². The van der Waals surface area contributed by atoms with Gasteiger partial charge in [0.15, 0.2) is 5.82 Å². The van der Waals surface area contributed by atoms with Crippen molar-refractivity contribution in [1.82, 2.24) is 30.4 Å². The van der Waals surface area contributed by atoms with E-state index in [1.54, 1.807) is 18.9 Å². The van der Waals surface area contributed by atoms with Crippen LogP contribution in [0, 0.1) is 0 Å². The number of benzene rings is 1. The molecule has 1 aromatic carbocycles. The zero-order chi connectivity index (χ0) is 27.8. The Morgan fingerprint density at radius 2 is 1.70 bits per heavy atom. The molecule has 0 atom stereocenters. The SMILES string of the molecule is CN(Cc1ccc(C(F)(F)F)cc1-c1nnn[nH]1)C1(C)CCN(C(=O)OC(C(F)(F)F)C(F)(F)F)CC1. The molecular weight excluding hydrogens is 527 g/mol. The summed E-state index contributed by atoms with van der Waals surface area (Å²) in [6, 6.07) is 3.06. The minimum absolute atomic E-state index is 0.00102. The number of hydrogen-bond donors (Lipinski definition) is 1. The number of tetrazole rings is 1. The average molecular weight is 548 g/mol. The van der Waals surface area contributed by atoms with Gasteiger partial charge in [0.2, 0.25) is 0 Å². The summed E-state index contributed by atoms with van der Waals surface area (Å²) < 4.78 is 120. The van der Waals surface area contributed by atoms with Crippen molar-refractivity contribution in [3.05, 3.63) is 29.3 Å². The van der Waals surface area contributed by atoms with Crippen molar-refractivity contribution in [2.75, 3.05) is 20.1 Å². The van der Waals surface area contributed by atoms with Crippen LogP contribution in [0.4, 0.5) is 44.3 Å². The van der Waals surface area contributed by atoms with Crippen LogP contribution in [0.3, 0.4) is 0 Å². The summed E-state index contributed by atoms with van der Waals surface area (Å²) >= 11 is 0. The number of aromatic nitrogens is 4. The molecule has 1 fully saturated rings. The van der Waals surface area contributed by atoms with Gasteiger partial charge in [0.25, 0.3) is 6.10 Å². The number of alkyl halides is 9. The maximum Gasteiger partial charge on any atom is 0.434 e. The summed E-state index contributed by atoms with van der Waals surface area (Å²) in [6.45, 7) is 1.45. The fourth-order valence-corrected chi connectivity index (χ4v) is 3.88. The Balaban J connectivity index is 1.71. The van der Waals surface area contributed by atoms with Crippen molar-refractivity contribution < 1.29 is 49.0 Å². The van der Waals surface area contributed by atoms with E-state index in [1.165, 1.54) is 6.07 Å². The number of rotatable bonds is 5. The number of aromatic amines is 1. The molecule has 1 aliphatic rings. The van der Waals surface area contributed by atoms with Gasteiger partial charge >= 0.3 is 24.6 Å². The molecule has 0 aliphatic carbocycles. The van der Waals surface area contributed by atoms with Crippen LogP contribution in [0.25, 0.3) is 11.4 Å². The number of halogens is 9. The van der Waals surface area contributed by atoms with Crippen LogP contribution >= 0.6 is 0 Å². The zero-order valence-corrected chi connectivity index (χ0v) is 19.3. The molecule has 2 heterocycles. The molecule has 1 N–H and O–H groups in total. The van der Waals surface area contributed by atoms with Crippen molar-refractivity contribution in [1.29, 1.82) is 0 Å².